The monoisotopic (exact) mass is 324 g/mol. The fraction of sp³-hybridized carbons (Fsp3) is 0.211. The van der Waals surface area contributed by atoms with Gasteiger partial charge in [0, 0.05) is 23.3 Å². The molecule has 0 saturated heterocycles. The Kier molecular flexibility index (Phi) is 4.16. The van der Waals surface area contributed by atoms with Crippen molar-refractivity contribution >= 4 is 22.5 Å². The molecule has 0 saturated carbocycles. The molecule has 3 rings (SSSR count). The molecule has 0 atom stereocenters. The first-order valence-electron chi connectivity index (χ1n) is 7.65. The lowest BCUT2D eigenvalue weighted by atomic mass is 10.1. The molecule has 0 fully saturated rings. The summed E-state index contributed by atoms with van der Waals surface area (Å²) in [6, 6.07) is 9.49. The number of aromatic amines is 1. The molecule has 1 aromatic heterocycles. The molecule has 1 heterocycles. The molecule has 2 aromatic carbocycles. The fourth-order valence-corrected chi connectivity index (χ4v) is 2.65. The number of amides is 1. The molecule has 1 amide bonds. The van der Waals surface area contributed by atoms with Crippen molar-refractivity contribution in [1.82, 2.24) is 4.98 Å². The summed E-state index contributed by atoms with van der Waals surface area (Å²) >= 11 is 0. The summed E-state index contributed by atoms with van der Waals surface area (Å²) in [5, 5.41) is 3.73. The largest absolute Gasteiger partial charge is 0.493 e. The van der Waals surface area contributed by atoms with E-state index >= 15 is 0 Å². The molecule has 0 radical (unpaired) electrons. The second-order valence-electron chi connectivity index (χ2n) is 5.71. The summed E-state index contributed by atoms with van der Waals surface area (Å²) in [7, 11) is 3.16. The van der Waals surface area contributed by atoms with Crippen molar-refractivity contribution in [2.24, 2.45) is 0 Å². The van der Waals surface area contributed by atoms with Gasteiger partial charge in [-0.2, -0.15) is 0 Å². The first-order valence-corrected chi connectivity index (χ1v) is 7.65. The van der Waals surface area contributed by atoms with Crippen molar-refractivity contribution in [2.45, 2.75) is 13.8 Å². The lowest BCUT2D eigenvalue weighted by molar-refractivity contribution is 0.102. The van der Waals surface area contributed by atoms with Gasteiger partial charge in [0.25, 0.3) is 5.91 Å². The van der Waals surface area contributed by atoms with Gasteiger partial charge in [-0.25, -0.2) is 0 Å². The Hall–Kier alpha value is -2.95. The second kappa shape index (κ2) is 6.28. The van der Waals surface area contributed by atoms with Crippen LogP contribution in [0.1, 0.15) is 21.5 Å². The number of benzene rings is 2. The highest BCUT2D eigenvalue weighted by atomic mass is 16.5. The number of rotatable bonds is 4. The Morgan fingerprint density at radius 1 is 1.00 bits per heavy atom. The molecular formula is C19H20N2O3. The number of ether oxygens (including phenoxy) is 2. The molecule has 0 unspecified atom stereocenters. The third-order valence-electron chi connectivity index (χ3n) is 4.20. The van der Waals surface area contributed by atoms with Gasteiger partial charge in [-0.05, 0) is 43.2 Å². The number of aromatic nitrogens is 1. The van der Waals surface area contributed by atoms with Gasteiger partial charge in [-0.1, -0.05) is 6.07 Å². The zero-order valence-electron chi connectivity index (χ0n) is 14.2. The number of H-pyrrole nitrogens is 1. The van der Waals surface area contributed by atoms with Gasteiger partial charge in [0.05, 0.1) is 25.3 Å². The highest BCUT2D eigenvalue weighted by Crippen LogP contribution is 2.33. The van der Waals surface area contributed by atoms with Crippen LogP contribution in [0.15, 0.2) is 36.5 Å². The van der Waals surface area contributed by atoms with Crippen LogP contribution in [0.3, 0.4) is 0 Å². The summed E-state index contributed by atoms with van der Waals surface area (Å²) in [4.78, 5) is 15.7. The fourth-order valence-electron chi connectivity index (χ4n) is 2.65. The average molecular weight is 324 g/mol. The maximum absolute atomic E-state index is 12.6. The molecule has 2 N–H and O–H groups in total. The number of nitrogens with one attached hydrogen (secondary N) is 2. The van der Waals surface area contributed by atoms with E-state index < -0.39 is 0 Å². The molecule has 24 heavy (non-hydrogen) atoms. The molecule has 124 valence electrons. The minimum atomic E-state index is -0.170. The van der Waals surface area contributed by atoms with Crippen molar-refractivity contribution in [3.05, 3.63) is 53.2 Å². The van der Waals surface area contributed by atoms with Crippen molar-refractivity contribution in [1.29, 1.82) is 0 Å². The van der Waals surface area contributed by atoms with Crippen molar-refractivity contribution < 1.29 is 14.3 Å². The quantitative estimate of drug-likeness (QED) is 0.761. The Bertz CT molecular complexity index is 912. The second-order valence-corrected chi connectivity index (χ2v) is 5.71. The van der Waals surface area contributed by atoms with E-state index in [0.29, 0.717) is 17.1 Å². The molecule has 0 aliphatic carbocycles. The van der Waals surface area contributed by atoms with E-state index in [9.17, 15) is 4.79 Å². The Morgan fingerprint density at radius 2 is 1.71 bits per heavy atom. The first-order chi connectivity index (χ1) is 11.5. The standard InChI is InChI=1S/C19H20N2O3/c1-11-5-6-13(7-12(11)2)21-19(22)15-10-20-16-9-18(24-4)17(23-3)8-14(15)16/h5-10,20H,1-4H3,(H,21,22). The van der Waals surface area contributed by atoms with Crippen LogP contribution in [0.5, 0.6) is 11.5 Å². The van der Waals surface area contributed by atoms with E-state index in [4.69, 9.17) is 9.47 Å². The van der Waals surface area contributed by atoms with Crippen LogP contribution in [-0.4, -0.2) is 25.1 Å². The van der Waals surface area contributed by atoms with Crippen molar-refractivity contribution in [3.8, 4) is 11.5 Å². The van der Waals surface area contributed by atoms with E-state index in [1.54, 1.807) is 26.5 Å². The molecule has 0 bridgehead atoms. The summed E-state index contributed by atoms with van der Waals surface area (Å²) in [5.74, 6) is 1.04. The maximum atomic E-state index is 12.6. The van der Waals surface area contributed by atoms with E-state index in [0.717, 1.165) is 22.2 Å². The smallest absolute Gasteiger partial charge is 0.257 e. The molecule has 3 aromatic rings. The normalized spacial score (nSPS) is 10.7. The van der Waals surface area contributed by atoms with Crippen LogP contribution < -0.4 is 14.8 Å². The molecule has 0 aliphatic heterocycles. The van der Waals surface area contributed by atoms with Crippen LogP contribution in [0.4, 0.5) is 5.69 Å². The van der Waals surface area contributed by atoms with Gasteiger partial charge < -0.3 is 19.8 Å². The number of anilines is 1. The number of hydrogen-bond acceptors (Lipinski definition) is 3. The third kappa shape index (κ3) is 2.80. The van der Waals surface area contributed by atoms with Gasteiger partial charge in [-0.15, -0.1) is 0 Å². The Morgan fingerprint density at radius 3 is 2.38 bits per heavy atom. The van der Waals surface area contributed by atoms with Crippen LogP contribution in [0.2, 0.25) is 0 Å². The average Bonchev–Trinajstić information content (AvgIpc) is 2.99. The SMILES string of the molecule is COc1cc2[nH]cc(C(=O)Nc3ccc(C)c(C)c3)c2cc1OC. The number of fused-ring (bicyclic) bond motifs is 1. The number of methoxy groups -OCH3 is 2. The van der Waals surface area contributed by atoms with Gasteiger partial charge >= 0.3 is 0 Å². The Labute approximate surface area is 140 Å². The zero-order chi connectivity index (χ0) is 17.3. The number of carbonyl (C=O) groups excluding carboxylic acids is 1. The topological polar surface area (TPSA) is 63.4 Å². The number of carbonyl (C=O) groups is 1. The van der Waals surface area contributed by atoms with E-state index in [2.05, 4.69) is 10.3 Å². The van der Waals surface area contributed by atoms with Crippen LogP contribution >= 0.6 is 0 Å². The van der Waals surface area contributed by atoms with Gasteiger partial charge in [0.1, 0.15) is 0 Å². The molecule has 0 aliphatic rings. The first kappa shape index (κ1) is 15.9. The van der Waals surface area contributed by atoms with Gasteiger partial charge in [0.15, 0.2) is 11.5 Å². The zero-order valence-corrected chi connectivity index (χ0v) is 14.2. The predicted octanol–water partition coefficient (Wildman–Crippen LogP) is 4.05. The lowest BCUT2D eigenvalue weighted by Gasteiger charge is -2.09. The molecule has 5 heteroatoms. The number of aryl methyl sites for hydroxylation is 2. The molecular weight excluding hydrogens is 304 g/mol. The summed E-state index contributed by atoms with van der Waals surface area (Å²) in [6.45, 7) is 4.06. The van der Waals surface area contributed by atoms with Crippen LogP contribution in [-0.2, 0) is 0 Å². The van der Waals surface area contributed by atoms with E-state index in [1.165, 1.54) is 5.56 Å². The van der Waals surface area contributed by atoms with Gasteiger partial charge in [0.2, 0.25) is 0 Å². The predicted molar refractivity (Wildman–Crippen MR) is 95.3 cm³/mol. The highest BCUT2D eigenvalue weighted by molar-refractivity contribution is 6.13. The maximum Gasteiger partial charge on any atom is 0.257 e. The van der Waals surface area contributed by atoms with Gasteiger partial charge in [-0.3, -0.25) is 4.79 Å². The lowest BCUT2D eigenvalue weighted by Crippen LogP contribution is -2.11. The number of hydrogen-bond donors (Lipinski definition) is 2. The van der Waals surface area contributed by atoms with Crippen molar-refractivity contribution in [2.75, 3.05) is 19.5 Å². The van der Waals surface area contributed by atoms with E-state index in [1.807, 2.05) is 38.1 Å². The molecule has 0 spiro atoms. The summed E-state index contributed by atoms with van der Waals surface area (Å²) in [6.07, 6.45) is 1.69. The summed E-state index contributed by atoms with van der Waals surface area (Å²) in [5.41, 5.74) is 4.48. The van der Waals surface area contributed by atoms with E-state index in [-0.39, 0.29) is 5.91 Å². The van der Waals surface area contributed by atoms with Crippen LogP contribution in [0, 0.1) is 13.8 Å². The summed E-state index contributed by atoms with van der Waals surface area (Å²) < 4.78 is 10.6. The molecule has 5 nitrogen and oxygen atoms in total. The minimum absolute atomic E-state index is 0.170. The minimum Gasteiger partial charge on any atom is -0.493 e. The Balaban J connectivity index is 1.96. The third-order valence-corrected chi connectivity index (χ3v) is 4.20. The highest BCUT2D eigenvalue weighted by Gasteiger charge is 2.16. The van der Waals surface area contributed by atoms with Crippen LogP contribution in [0.25, 0.3) is 10.9 Å². The van der Waals surface area contributed by atoms with Crippen molar-refractivity contribution in [3.63, 3.8) is 0 Å².